The third kappa shape index (κ3) is 11.4. The van der Waals surface area contributed by atoms with Crippen molar-refractivity contribution in [2.45, 2.75) is 45.2 Å². The summed E-state index contributed by atoms with van der Waals surface area (Å²) in [6.45, 7) is 11.7. The van der Waals surface area contributed by atoms with Gasteiger partial charge in [-0.3, -0.25) is 14.6 Å². The van der Waals surface area contributed by atoms with Gasteiger partial charge < -0.3 is 25.0 Å². The largest absolute Gasteiger partial charge is 0.542 e. The number of nitrogens with zero attached hydrogens (tertiary/aromatic N) is 3. The second-order valence-corrected chi connectivity index (χ2v) is 13.3. The smallest absolute Gasteiger partial charge is 0.430 e. The average molecular weight is 672 g/mol. The third-order valence-electron chi connectivity index (χ3n) is 8.67. The van der Waals surface area contributed by atoms with E-state index < -0.39 is 12.1 Å². The summed E-state index contributed by atoms with van der Waals surface area (Å²) in [6, 6.07) is 21.7. The summed E-state index contributed by atoms with van der Waals surface area (Å²) < 4.78 is 47.6. The molecule has 0 unspecified atom stereocenters. The van der Waals surface area contributed by atoms with Crippen molar-refractivity contribution in [2.24, 2.45) is 0 Å². The summed E-state index contributed by atoms with van der Waals surface area (Å²) >= 11 is 0. The number of hydrogen-bond donors (Lipinski definition) is 2. The number of nitrogens with one attached hydrogen (secondary N) is 2. The van der Waals surface area contributed by atoms with Gasteiger partial charge in [0, 0.05) is 75.9 Å². The Hall–Kier alpha value is -3.84. The maximum absolute atomic E-state index is 15.0. The van der Waals surface area contributed by atoms with Crippen molar-refractivity contribution in [3.05, 3.63) is 94.8 Å². The Bertz CT molecular complexity index is 1550. The Morgan fingerprint density at radius 1 is 0.917 bits per heavy atom. The van der Waals surface area contributed by atoms with Crippen LogP contribution in [0.15, 0.2) is 66.7 Å². The number of benzene rings is 3. The Kier molecular flexibility index (Phi) is 12.7. The summed E-state index contributed by atoms with van der Waals surface area (Å²) in [5.74, 6) is -3.37. The predicted octanol–water partition coefficient (Wildman–Crippen LogP) is 3.80. The summed E-state index contributed by atoms with van der Waals surface area (Å²) in [4.78, 5) is 26.8. The van der Waals surface area contributed by atoms with Gasteiger partial charge in [-0.2, -0.15) is 13.2 Å². The van der Waals surface area contributed by atoms with Gasteiger partial charge in [-0.15, -0.1) is 0 Å². The molecule has 12 heteroatoms. The number of carboxylic acid groups (broad SMARTS) is 1. The van der Waals surface area contributed by atoms with Crippen LogP contribution in [0.1, 0.15) is 40.4 Å². The standard InChI is InChI=1S/C34H44FN5O.C2HF3O2/c1-26-23-39(15-13-36-26)25-28-7-4-9-30(19-28)32-21-27(11-12-33(32)35)22-37-34(41)31-10-5-8-29(20-31)24-38-14-6-17-40(2,3)18-16-38;3-2(4,5)1(6)7/h4-5,7-12,19-21,26,36H,6,13-18,22-25H2,1-3H3;(H,6,7)/t26-;/m0./s1. The minimum atomic E-state index is -5.19. The minimum Gasteiger partial charge on any atom is -0.542 e. The van der Waals surface area contributed by atoms with Crippen LogP contribution in [0.5, 0.6) is 0 Å². The van der Waals surface area contributed by atoms with E-state index in [1.807, 2.05) is 36.4 Å². The molecule has 0 spiro atoms. The van der Waals surface area contributed by atoms with E-state index in [0.29, 0.717) is 23.7 Å². The highest BCUT2D eigenvalue weighted by molar-refractivity contribution is 5.94. The summed E-state index contributed by atoms with van der Waals surface area (Å²) in [7, 11) is 4.59. The average Bonchev–Trinajstić information content (AvgIpc) is 3.20. The van der Waals surface area contributed by atoms with Gasteiger partial charge in [-0.05, 0) is 59.5 Å². The number of alkyl halides is 3. The zero-order chi connectivity index (χ0) is 34.9. The van der Waals surface area contributed by atoms with Gasteiger partial charge in [-0.25, -0.2) is 4.39 Å². The quantitative estimate of drug-likeness (QED) is 0.280. The molecule has 3 aromatic rings. The lowest BCUT2D eigenvalue weighted by Gasteiger charge is -2.31. The Morgan fingerprint density at radius 2 is 1.60 bits per heavy atom. The minimum absolute atomic E-state index is 0.112. The molecule has 2 aliphatic heterocycles. The molecule has 0 saturated carbocycles. The fourth-order valence-electron chi connectivity index (χ4n) is 6.02. The fourth-order valence-corrected chi connectivity index (χ4v) is 6.02. The third-order valence-corrected chi connectivity index (χ3v) is 8.67. The van der Waals surface area contributed by atoms with Gasteiger partial charge >= 0.3 is 6.18 Å². The van der Waals surface area contributed by atoms with Crippen molar-refractivity contribution in [2.75, 3.05) is 59.9 Å². The molecule has 0 aromatic heterocycles. The van der Waals surface area contributed by atoms with Gasteiger partial charge in [0.25, 0.3) is 5.91 Å². The second kappa shape index (κ2) is 16.5. The molecule has 2 aliphatic rings. The Morgan fingerprint density at radius 3 is 2.31 bits per heavy atom. The van der Waals surface area contributed by atoms with Crippen LogP contribution in [-0.2, 0) is 24.4 Å². The Labute approximate surface area is 279 Å². The van der Waals surface area contributed by atoms with Crippen molar-refractivity contribution < 1.29 is 36.7 Å². The number of carboxylic acids is 1. The fraction of sp³-hybridized carbons (Fsp3) is 0.444. The zero-order valence-corrected chi connectivity index (χ0v) is 27.8. The molecule has 1 amide bonds. The maximum atomic E-state index is 15.0. The van der Waals surface area contributed by atoms with E-state index in [9.17, 15) is 22.4 Å². The number of carbonyl (C=O) groups is 2. The van der Waals surface area contributed by atoms with E-state index in [-0.39, 0.29) is 11.7 Å². The molecular weight excluding hydrogens is 626 g/mol. The van der Waals surface area contributed by atoms with E-state index in [0.717, 1.165) is 73.5 Å². The summed E-state index contributed by atoms with van der Waals surface area (Å²) in [5, 5.41) is 15.3. The molecule has 0 bridgehead atoms. The van der Waals surface area contributed by atoms with E-state index in [1.165, 1.54) is 24.6 Å². The first-order valence-electron chi connectivity index (χ1n) is 16.2. The summed E-state index contributed by atoms with van der Waals surface area (Å²) in [6.07, 6.45) is -4.01. The molecule has 2 heterocycles. The van der Waals surface area contributed by atoms with E-state index in [4.69, 9.17) is 9.90 Å². The molecule has 2 saturated heterocycles. The molecule has 8 nitrogen and oxygen atoms in total. The highest BCUT2D eigenvalue weighted by Gasteiger charge is 2.29. The number of quaternary nitrogens is 1. The van der Waals surface area contributed by atoms with E-state index in [2.05, 4.69) is 59.7 Å². The number of rotatable bonds is 8. The molecule has 260 valence electrons. The van der Waals surface area contributed by atoms with Gasteiger partial charge in [-0.1, -0.05) is 36.4 Å². The Balaban J connectivity index is 0.000000671. The molecule has 0 aliphatic carbocycles. The van der Waals surface area contributed by atoms with Gasteiger partial charge in [0.15, 0.2) is 0 Å². The normalized spacial score (nSPS) is 18.7. The number of aliphatic carboxylic acids is 1. The van der Waals surface area contributed by atoms with Crippen LogP contribution in [0.2, 0.25) is 0 Å². The maximum Gasteiger partial charge on any atom is 0.430 e. The van der Waals surface area contributed by atoms with Gasteiger partial charge in [0.05, 0.1) is 27.2 Å². The number of carbonyl (C=O) groups excluding carboxylic acids is 2. The van der Waals surface area contributed by atoms with Crippen LogP contribution in [0.4, 0.5) is 17.6 Å². The lowest BCUT2D eigenvalue weighted by molar-refractivity contribution is -0.888. The zero-order valence-electron chi connectivity index (χ0n) is 27.8. The van der Waals surface area contributed by atoms with Crippen LogP contribution in [0.25, 0.3) is 11.1 Å². The highest BCUT2D eigenvalue weighted by atomic mass is 19.4. The van der Waals surface area contributed by atoms with Crippen LogP contribution >= 0.6 is 0 Å². The summed E-state index contributed by atoms with van der Waals surface area (Å²) in [5.41, 5.74) is 5.29. The van der Waals surface area contributed by atoms with Crippen LogP contribution < -0.4 is 15.7 Å². The number of halogens is 4. The molecule has 1 atom stereocenters. The van der Waals surface area contributed by atoms with E-state index in [1.54, 1.807) is 6.07 Å². The van der Waals surface area contributed by atoms with Crippen LogP contribution in [0.3, 0.4) is 0 Å². The lowest BCUT2D eigenvalue weighted by Crippen LogP contribution is -2.48. The number of amides is 1. The monoisotopic (exact) mass is 671 g/mol. The molecule has 2 fully saturated rings. The SMILES string of the molecule is C[C@H]1CN(Cc2cccc(-c3cc(CNC(=O)c4cccc(CN5CCC[N+](C)(C)CC5)c4)ccc3F)c2)CCN1.O=C([O-])C(F)(F)F. The molecule has 3 aromatic carbocycles. The second-order valence-electron chi connectivity index (χ2n) is 13.3. The van der Waals surface area contributed by atoms with Gasteiger partial charge in [0.1, 0.15) is 11.8 Å². The van der Waals surface area contributed by atoms with Crippen molar-refractivity contribution in [1.82, 2.24) is 20.4 Å². The molecule has 2 N–H and O–H groups in total. The predicted molar refractivity (Wildman–Crippen MR) is 175 cm³/mol. The molecule has 0 radical (unpaired) electrons. The molecular formula is C36H45F4N5O3. The van der Waals surface area contributed by atoms with Crippen molar-refractivity contribution >= 4 is 11.9 Å². The first kappa shape index (κ1) is 37.0. The number of piperazine rings is 1. The molecule has 48 heavy (non-hydrogen) atoms. The van der Waals surface area contributed by atoms with Crippen molar-refractivity contribution in [3.63, 3.8) is 0 Å². The van der Waals surface area contributed by atoms with Crippen molar-refractivity contribution in [1.29, 1.82) is 0 Å². The first-order valence-corrected chi connectivity index (χ1v) is 16.2. The lowest BCUT2D eigenvalue weighted by atomic mass is 10.00. The highest BCUT2D eigenvalue weighted by Crippen LogP contribution is 2.26. The topological polar surface area (TPSA) is 87.7 Å². The molecule has 5 rings (SSSR count). The van der Waals surface area contributed by atoms with Gasteiger partial charge in [0.2, 0.25) is 0 Å². The van der Waals surface area contributed by atoms with Crippen LogP contribution in [-0.4, -0.2) is 98.3 Å². The first-order chi connectivity index (χ1) is 22.7. The van der Waals surface area contributed by atoms with Crippen LogP contribution in [0, 0.1) is 5.82 Å². The number of hydrogen-bond acceptors (Lipinski definition) is 6. The van der Waals surface area contributed by atoms with Crippen molar-refractivity contribution in [3.8, 4) is 11.1 Å². The number of likely N-dealkylation sites (N-methyl/N-ethyl adjacent to an activating group) is 1. The van der Waals surface area contributed by atoms with E-state index >= 15 is 0 Å².